The highest BCUT2D eigenvalue weighted by Gasteiger charge is 2.43. The Balaban J connectivity index is 1.62. The van der Waals surface area contributed by atoms with Crippen LogP contribution in [0.5, 0.6) is 17.2 Å². The van der Waals surface area contributed by atoms with Gasteiger partial charge in [0.25, 0.3) is 0 Å². The van der Waals surface area contributed by atoms with Crippen LogP contribution in [0.1, 0.15) is 4.88 Å². The average molecular weight is 450 g/mol. The highest BCUT2D eigenvalue weighted by molar-refractivity contribution is 7.15. The van der Waals surface area contributed by atoms with E-state index in [1.54, 1.807) is 24.3 Å². The number of fused-ring (bicyclic) bond motifs is 2. The minimum atomic E-state index is -3.75. The van der Waals surface area contributed by atoms with Crippen LogP contribution >= 0.6 is 22.9 Å². The number of halogens is 3. The molecule has 0 N–H and O–H groups in total. The first-order valence-corrected chi connectivity index (χ1v) is 9.78. The summed E-state index contributed by atoms with van der Waals surface area (Å²) in [5.74, 6) is -0.276. The van der Waals surface area contributed by atoms with E-state index in [0.717, 1.165) is 0 Å². The maximum absolute atomic E-state index is 13.4. The molecule has 0 bridgehead atoms. The molecule has 4 aromatic rings. The van der Waals surface area contributed by atoms with E-state index in [9.17, 15) is 13.6 Å². The van der Waals surface area contributed by atoms with E-state index in [1.807, 2.05) is 0 Å². The van der Waals surface area contributed by atoms with Gasteiger partial charge in [0.1, 0.15) is 12.2 Å². The van der Waals surface area contributed by atoms with E-state index in [0.29, 0.717) is 25.9 Å². The summed E-state index contributed by atoms with van der Waals surface area (Å²) in [5, 5.41) is 0.325. The zero-order chi connectivity index (χ0) is 20.9. The number of ether oxygens (including phenoxy) is 3. The van der Waals surface area contributed by atoms with Gasteiger partial charge in [-0.3, -0.25) is 4.79 Å². The maximum atomic E-state index is 13.4. The quantitative estimate of drug-likeness (QED) is 0.411. The molecule has 30 heavy (non-hydrogen) atoms. The van der Waals surface area contributed by atoms with Crippen molar-refractivity contribution < 1.29 is 27.4 Å². The Hall–Kier alpha value is -3.17. The molecular weight excluding hydrogens is 440 g/mol. The van der Waals surface area contributed by atoms with Crippen molar-refractivity contribution in [2.24, 2.45) is 0 Å². The normalized spacial score (nSPS) is 14.2. The Labute approximate surface area is 176 Å². The zero-order valence-corrected chi connectivity index (χ0v) is 16.4. The number of para-hydroxylation sites is 1. The SMILES string of the molecule is O=c1c(OCc2cnc(Cl)s2)c(-c2ccc3c(c2)OC(F)(F)O3)oc2ccccc12. The topological polar surface area (TPSA) is 70.8 Å². The van der Waals surface area contributed by atoms with Gasteiger partial charge in [-0.05, 0) is 30.3 Å². The van der Waals surface area contributed by atoms with Gasteiger partial charge in [0.15, 0.2) is 21.7 Å². The van der Waals surface area contributed by atoms with Crippen molar-refractivity contribution in [3.63, 3.8) is 0 Å². The van der Waals surface area contributed by atoms with Crippen LogP contribution in [-0.2, 0) is 6.61 Å². The monoisotopic (exact) mass is 449 g/mol. The fourth-order valence-corrected chi connectivity index (χ4v) is 3.92. The summed E-state index contributed by atoms with van der Waals surface area (Å²) in [6.07, 6.45) is -2.21. The van der Waals surface area contributed by atoms with E-state index in [1.165, 1.54) is 35.7 Å². The summed E-state index contributed by atoms with van der Waals surface area (Å²) in [6.45, 7) is 0.0309. The lowest BCUT2D eigenvalue weighted by molar-refractivity contribution is -0.286. The third-order valence-corrected chi connectivity index (χ3v) is 5.39. The first kappa shape index (κ1) is 18.8. The number of hydrogen-bond acceptors (Lipinski definition) is 7. The Morgan fingerprint density at radius 2 is 1.93 bits per heavy atom. The molecule has 1 aliphatic rings. The van der Waals surface area contributed by atoms with Gasteiger partial charge in [0, 0.05) is 11.8 Å². The fourth-order valence-electron chi connectivity index (χ4n) is 3.03. The molecule has 0 aliphatic carbocycles. The van der Waals surface area contributed by atoms with Gasteiger partial charge in [0.2, 0.25) is 11.2 Å². The van der Waals surface area contributed by atoms with Gasteiger partial charge in [-0.15, -0.1) is 20.1 Å². The summed E-state index contributed by atoms with van der Waals surface area (Å²) in [5.41, 5.74) is 0.245. The Bertz CT molecular complexity index is 1340. The lowest BCUT2D eigenvalue weighted by Crippen LogP contribution is -2.25. The van der Waals surface area contributed by atoms with Crippen LogP contribution in [0.3, 0.4) is 0 Å². The van der Waals surface area contributed by atoms with Gasteiger partial charge < -0.3 is 18.6 Å². The van der Waals surface area contributed by atoms with E-state index < -0.39 is 11.7 Å². The van der Waals surface area contributed by atoms with Gasteiger partial charge in [-0.1, -0.05) is 23.7 Å². The third-order valence-electron chi connectivity index (χ3n) is 4.30. The van der Waals surface area contributed by atoms with Crippen LogP contribution in [0.25, 0.3) is 22.3 Å². The molecule has 1 aliphatic heterocycles. The molecule has 0 spiro atoms. The molecule has 0 fully saturated rings. The largest absolute Gasteiger partial charge is 0.586 e. The number of thiazole rings is 1. The predicted molar refractivity (Wildman–Crippen MR) is 106 cm³/mol. The maximum Gasteiger partial charge on any atom is 0.586 e. The molecule has 10 heteroatoms. The zero-order valence-electron chi connectivity index (χ0n) is 14.9. The van der Waals surface area contributed by atoms with Crippen LogP contribution in [0.2, 0.25) is 4.47 Å². The molecule has 0 saturated carbocycles. The minimum Gasteiger partial charge on any atom is -0.480 e. The Kier molecular flexibility index (Phi) is 4.37. The first-order chi connectivity index (χ1) is 14.4. The molecule has 0 atom stereocenters. The van der Waals surface area contributed by atoms with Crippen molar-refractivity contribution >= 4 is 33.9 Å². The molecule has 5 rings (SSSR count). The van der Waals surface area contributed by atoms with Crippen molar-refractivity contribution in [1.82, 2.24) is 4.98 Å². The van der Waals surface area contributed by atoms with Crippen molar-refractivity contribution in [3.05, 3.63) is 68.2 Å². The van der Waals surface area contributed by atoms with Gasteiger partial charge in [-0.2, -0.15) is 0 Å². The average Bonchev–Trinajstić information content (AvgIpc) is 3.27. The fraction of sp³-hybridized carbons (Fsp3) is 0.100. The molecule has 2 aromatic heterocycles. The smallest absolute Gasteiger partial charge is 0.480 e. The van der Waals surface area contributed by atoms with E-state index in [-0.39, 0.29) is 29.6 Å². The Morgan fingerprint density at radius 3 is 2.73 bits per heavy atom. The molecule has 0 radical (unpaired) electrons. The highest BCUT2D eigenvalue weighted by atomic mass is 35.5. The molecule has 0 amide bonds. The summed E-state index contributed by atoms with van der Waals surface area (Å²) >= 11 is 7.05. The van der Waals surface area contributed by atoms with Crippen molar-refractivity contribution in [2.75, 3.05) is 0 Å². The van der Waals surface area contributed by atoms with Crippen LogP contribution in [0.4, 0.5) is 8.78 Å². The van der Waals surface area contributed by atoms with Crippen molar-refractivity contribution in [3.8, 4) is 28.6 Å². The summed E-state index contributed by atoms with van der Waals surface area (Å²) in [7, 11) is 0. The minimum absolute atomic E-state index is 0.0309. The standard InChI is InChI=1S/C20H10ClF2NO5S/c21-19-24-8-11(30-19)9-26-18-16(25)12-3-1-2-4-13(12)27-17(18)10-5-6-14-15(7-10)29-20(22,23)28-14/h1-8H,9H2. The number of alkyl halides is 2. The molecular formula is C20H10ClF2NO5S. The number of aromatic nitrogens is 1. The van der Waals surface area contributed by atoms with E-state index >= 15 is 0 Å². The number of nitrogens with zero attached hydrogens (tertiary/aromatic N) is 1. The summed E-state index contributed by atoms with van der Waals surface area (Å²) < 4.78 is 47.7. The summed E-state index contributed by atoms with van der Waals surface area (Å²) in [6, 6.07) is 10.8. The molecule has 6 nitrogen and oxygen atoms in total. The number of benzene rings is 2. The number of hydrogen-bond donors (Lipinski definition) is 0. The molecule has 0 saturated heterocycles. The predicted octanol–water partition coefficient (Wildman–Crippen LogP) is 5.47. The second-order valence-corrected chi connectivity index (χ2v) is 7.98. The van der Waals surface area contributed by atoms with Crippen LogP contribution in [0.15, 0.2) is 57.9 Å². The molecule has 152 valence electrons. The van der Waals surface area contributed by atoms with Crippen molar-refractivity contribution in [1.29, 1.82) is 0 Å². The second kappa shape index (κ2) is 6.96. The van der Waals surface area contributed by atoms with E-state index in [2.05, 4.69) is 14.5 Å². The van der Waals surface area contributed by atoms with Gasteiger partial charge >= 0.3 is 6.29 Å². The molecule has 0 unspecified atom stereocenters. The first-order valence-electron chi connectivity index (χ1n) is 8.59. The Morgan fingerprint density at radius 1 is 1.13 bits per heavy atom. The number of rotatable bonds is 4. The third kappa shape index (κ3) is 3.35. The second-order valence-electron chi connectivity index (χ2n) is 6.28. The lowest BCUT2D eigenvalue weighted by Gasteiger charge is -2.11. The summed E-state index contributed by atoms with van der Waals surface area (Å²) in [4.78, 5) is 17.7. The van der Waals surface area contributed by atoms with Crippen LogP contribution < -0.4 is 19.6 Å². The lowest BCUT2D eigenvalue weighted by atomic mass is 10.1. The van der Waals surface area contributed by atoms with E-state index in [4.69, 9.17) is 20.8 Å². The van der Waals surface area contributed by atoms with Crippen LogP contribution in [-0.4, -0.2) is 11.3 Å². The van der Waals surface area contributed by atoms with Gasteiger partial charge in [0.05, 0.1) is 10.3 Å². The highest BCUT2D eigenvalue weighted by Crippen LogP contribution is 2.44. The van der Waals surface area contributed by atoms with Crippen LogP contribution in [0, 0.1) is 0 Å². The van der Waals surface area contributed by atoms with Gasteiger partial charge in [-0.25, -0.2) is 4.98 Å². The molecule has 3 heterocycles. The molecule has 2 aromatic carbocycles. The van der Waals surface area contributed by atoms with Crippen molar-refractivity contribution in [2.45, 2.75) is 12.9 Å².